The molecule has 0 fully saturated rings. The fourth-order valence-corrected chi connectivity index (χ4v) is 2.01. The van der Waals surface area contributed by atoms with Crippen molar-refractivity contribution in [3.63, 3.8) is 0 Å². The minimum absolute atomic E-state index is 0. The van der Waals surface area contributed by atoms with E-state index in [-0.39, 0.29) is 19.0 Å². The first-order chi connectivity index (χ1) is 9.29. The van der Waals surface area contributed by atoms with Gasteiger partial charge in [-0.3, -0.25) is 9.36 Å². The lowest BCUT2D eigenvalue weighted by Gasteiger charge is -2.04. The Bertz CT molecular complexity index is 583. The highest BCUT2D eigenvalue weighted by Crippen LogP contribution is 2.29. The summed E-state index contributed by atoms with van der Waals surface area (Å²) in [7, 11) is 3.12. The molecular weight excluding hydrogens is 307 g/mol. The van der Waals surface area contributed by atoms with Gasteiger partial charge in [-0.15, -0.1) is 12.4 Å². The average molecular weight is 324 g/mol. The van der Waals surface area contributed by atoms with Gasteiger partial charge in [0, 0.05) is 27.2 Å². The van der Waals surface area contributed by atoms with Crippen LogP contribution in [0, 0.1) is 6.92 Å². The highest BCUT2D eigenvalue weighted by atomic mass is 35.5. The molecule has 1 N–H and O–H groups in total. The predicted octanol–water partition coefficient (Wildman–Crippen LogP) is 2.19. The summed E-state index contributed by atoms with van der Waals surface area (Å²) in [5.74, 6) is 0. The van der Waals surface area contributed by atoms with Gasteiger partial charge >= 0.3 is 6.18 Å². The van der Waals surface area contributed by atoms with Crippen molar-refractivity contribution in [3.05, 3.63) is 34.9 Å². The van der Waals surface area contributed by atoms with Gasteiger partial charge in [-0.25, -0.2) is 0 Å². The lowest BCUT2D eigenvalue weighted by atomic mass is 10.2. The highest BCUT2D eigenvalue weighted by molar-refractivity contribution is 5.85. The zero-order valence-corrected chi connectivity index (χ0v) is 12.7. The summed E-state index contributed by atoms with van der Waals surface area (Å²) in [6.07, 6.45) is -2.63. The third-order valence-electron chi connectivity index (χ3n) is 3.09. The molecule has 0 spiro atoms. The van der Waals surface area contributed by atoms with Crippen LogP contribution in [0.15, 0.2) is 12.3 Å². The highest BCUT2D eigenvalue weighted by Gasteiger charge is 2.34. The Balaban J connectivity index is 0.00000220. The standard InChI is InChI=1S/C12H16F3N5.ClH/c1-8-5-17-19(2)10(8)7-16-6-9-4-11(12(13,14)15)20(3)18-9;/h4-5,16H,6-7H2,1-3H3;1H. The van der Waals surface area contributed by atoms with Crippen LogP contribution in [0.2, 0.25) is 0 Å². The Kier molecular flexibility index (Phi) is 5.41. The molecule has 2 heterocycles. The van der Waals surface area contributed by atoms with Crippen molar-refractivity contribution < 1.29 is 13.2 Å². The van der Waals surface area contributed by atoms with Crippen molar-refractivity contribution in [2.45, 2.75) is 26.2 Å². The number of nitrogens with one attached hydrogen (secondary N) is 1. The van der Waals surface area contributed by atoms with Gasteiger partial charge in [0.05, 0.1) is 17.6 Å². The van der Waals surface area contributed by atoms with Crippen LogP contribution < -0.4 is 5.32 Å². The smallest absolute Gasteiger partial charge is 0.305 e. The molecule has 21 heavy (non-hydrogen) atoms. The van der Waals surface area contributed by atoms with E-state index in [1.807, 2.05) is 14.0 Å². The molecular formula is C12H17ClF3N5. The van der Waals surface area contributed by atoms with E-state index < -0.39 is 11.9 Å². The van der Waals surface area contributed by atoms with Crippen molar-refractivity contribution in [1.29, 1.82) is 0 Å². The normalized spacial score (nSPS) is 11.5. The van der Waals surface area contributed by atoms with Crippen LogP contribution in [0.25, 0.3) is 0 Å². The summed E-state index contributed by atoms with van der Waals surface area (Å²) in [6, 6.07) is 1.06. The number of aryl methyl sites for hydroxylation is 3. The van der Waals surface area contributed by atoms with Crippen LogP contribution in [0.3, 0.4) is 0 Å². The van der Waals surface area contributed by atoms with E-state index >= 15 is 0 Å². The number of aromatic nitrogens is 4. The molecule has 9 heteroatoms. The Morgan fingerprint density at radius 2 is 1.86 bits per heavy atom. The van der Waals surface area contributed by atoms with Gasteiger partial charge in [0.25, 0.3) is 0 Å². The molecule has 118 valence electrons. The Hall–Kier alpha value is -1.54. The quantitative estimate of drug-likeness (QED) is 0.938. The second-order valence-corrected chi connectivity index (χ2v) is 4.64. The Morgan fingerprint density at radius 1 is 1.19 bits per heavy atom. The first-order valence-electron chi connectivity index (χ1n) is 6.07. The number of hydrogen-bond acceptors (Lipinski definition) is 3. The molecule has 0 aliphatic carbocycles. The van der Waals surface area contributed by atoms with E-state index in [1.165, 1.54) is 7.05 Å². The van der Waals surface area contributed by atoms with Crippen molar-refractivity contribution in [1.82, 2.24) is 24.9 Å². The second kappa shape index (κ2) is 6.48. The van der Waals surface area contributed by atoms with Crippen LogP contribution in [-0.2, 0) is 33.4 Å². The number of nitrogens with zero attached hydrogens (tertiary/aromatic N) is 4. The predicted molar refractivity (Wildman–Crippen MR) is 73.9 cm³/mol. The van der Waals surface area contributed by atoms with Crippen LogP contribution >= 0.6 is 12.4 Å². The molecule has 2 aromatic heterocycles. The van der Waals surface area contributed by atoms with Crippen molar-refractivity contribution in [2.75, 3.05) is 0 Å². The van der Waals surface area contributed by atoms with Gasteiger partial charge < -0.3 is 5.32 Å². The van der Waals surface area contributed by atoms with Gasteiger partial charge in [0.15, 0.2) is 0 Å². The fraction of sp³-hybridized carbons (Fsp3) is 0.500. The van der Waals surface area contributed by atoms with Gasteiger partial charge in [0.1, 0.15) is 5.69 Å². The van der Waals surface area contributed by atoms with Crippen molar-refractivity contribution >= 4 is 12.4 Å². The Morgan fingerprint density at radius 3 is 2.33 bits per heavy atom. The van der Waals surface area contributed by atoms with Crippen molar-refractivity contribution in [3.8, 4) is 0 Å². The molecule has 0 radical (unpaired) electrons. The monoisotopic (exact) mass is 323 g/mol. The molecule has 0 unspecified atom stereocenters. The van der Waals surface area contributed by atoms with E-state index in [0.717, 1.165) is 22.0 Å². The van der Waals surface area contributed by atoms with Gasteiger partial charge in [-0.05, 0) is 18.6 Å². The molecule has 0 amide bonds. The van der Waals surface area contributed by atoms with Crippen molar-refractivity contribution in [2.24, 2.45) is 14.1 Å². The fourth-order valence-electron chi connectivity index (χ4n) is 2.01. The number of halogens is 4. The lowest BCUT2D eigenvalue weighted by molar-refractivity contribution is -0.143. The maximum absolute atomic E-state index is 12.6. The van der Waals surface area contributed by atoms with E-state index in [2.05, 4.69) is 15.5 Å². The summed E-state index contributed by atoms with van der Waals surface area (Å²) in [5.41, 5.74) is 1.65. The number of hydrogen-bond donors (Lipinski definition) is 1. The van der Waals surface area contributed by atoms with E-state index in [1.54, 1.807) is 10.9 Å². The molecule has 0 saturated carbocycles. The van der Waals surface area contributed by atoms with Crippen LogP contribution in [0.4, 0.5) is 13.2 Å². The first kappa shape index (κ1) is 17.5. The van der Waals surface area contributed by atoms with Crippen LogP contribution in [0.1, 0.15) is 22.6 Å². The van der Waals surface area contributed by atoms with Gasteiger partial charge in [0.2, 0.25) is 0 Å². The minimum Gasteiger partial charge on any atom is -0.305 e. The molecule has 2 aromatic rings. The zero-order valence-electron chi connectivity index (χ0n) is 11.9. The van der Waals surface area contributed by atoms with Gasteiger partial charge in [-0.2, -0.15) is 23.4 Å². The molecule has 0 aromatic carbocycles. The Labute approximate surface area is 126 Å². The third kappa shape index (κ3) is 3.98. The maximum atomic E-state index is 12.6. The minimum atomic E-state index is -4.38. The number of rotatable bonds is 4. The van der Waals surface area contributed by atoms with Gasteiger partial charge in [-0.1, -0.05) is 0 Å². The summed E-state index contributed by atoms with van der Waals surface area (Å²) >= 11 is 0. The van der Waals surface area contributed by atoms with E-state index in [4.69, 9.17) is 0 Å². The van der Waals surface area contributed by atoms with Crippen LogP contribution in [-0.4, -0.2) is 19.6 Å². The number of alkyl halides is 3. The average Bonchev–Trinajstić information content (AvgIpc) is 2.85. The second-order valence-electron chi connectivity index (χ2n) is 4.64. The summed E-state index contributed by atoms with van der Waals surface area (Å²) < 4.78 is 40.5. The third-order valence-corrected chi connectivity index (χ3v) is 3.09. The maximum Gasteiger partial charge on any atom is 0.433 e. The molecule has 2 rings (SSSR count). The first-order valence-corrected chi connectivity index (χ1v) is 6.07. The summed E-state index contributed by atoms with van der Waals surface area (Å²) in [6.45, 7) is 2.74. The molecule has 0 bridgehead atoms. The summed E-state index contributed by atoms with van der Waals surface area (Å²) in [4.78, 5) is 0. The van der Waals surface area contributed by atoms with Crippen LogP contribution in [0.5, 0.6) is 0 Å². The molecule has 5 nitrogen and oxygen atoms in total. The topological polar surface area (TPSA) is 47.7 Å². The zero-order chi connectivity index (χ0) is 14.9. The SMILES string of the molecule is Cc1cnn(C)c1CNCc1cc(C(F)(F)F)n(C)n1.Cl. The van der Waals surface area contributed by atoms with E-state index in [9.17, 15) is 13.2 Å². The molecule has 0 atom stereocenters. The lowest BCUT2D eigenvalue weighted by Crippen LogP contribution is -2.16. The molecule has 0 aliphatic heterocycles. The molecule has 0 aliphatic rings. The summed E-state index contributed by atoms with van der Waals surface area (Å²) in [5, 5.41) is 11.0. The van der Waals surface area contributed by atoms with E-state index in [0.29, 0.717) is 12.2 Å². The largest absolute Gasteiger partial charge is 0.433 e. The molecule has 0 saturated heterocycles.